The van der Waals surface area contributed by atoms with E-state index in [1.165, 1.54) is 29.5 Å². The van der Waals surface area contributed by atoms with Crippen molar-refractivity contribution >= 4 is 51.1 Å². The normalized spacial score (nSPS) is 17.2. The summed E-state index contributed by atoms with van der Waals surface area (Å²) >= 11 is 2.69. The number of hydrogen-bond donors (Lipinski definition) is 0. The van der Waals surface area contributed by atoms with Gasteiger partial charge >= 0.3 is 5.97 Å². The molecule has 0 bridgehead atoms. The second kappa shape index (κ2) is 10.9. The quantitative estimate of drug-likeness (QED) is 0.588. The summed E-state index contributed by atoms with van der Waals surface area (Å²) < 4.78 is 7.90. The molecular weight excluding hydrogens is 434 g/mol. The minimum atomic E-state index is -0.362. The number of amides is 2. The maximum Gasteiger partial charge on any atom is 0.338 e. The molecule has 1 atom stereocenters. The molecule has 9 heteroatoms. The standard InChI is InChI=1S/C22H29N3O4S2/c1-4-24-17-10-9-16(21(28)29-5-2)12-18(17)31-22(24)23-19(26)13-30-14-20(27)25-11-7-6-8-15(25)3/h9-10,12,15H,4-8,11,13-14H2,1-3H3. The SMILES string of the molecule is CCOC(=O)c1ccc2c(c1)sc(=NC(=O)CSCC(=O)N1CCCCC1C)n2CC. The topological polar surface area (TPSA) is 81.0 Å². The molecule has 1 aromatic heterocycles. The van der Waals surface area contributed by atoms with Crippen LogP contribution in [0.1, 0.15) is 50.4 Å². The molecule has 168 valence electrons. The minimum Gasteiger partial charge on any atom is -0.462 e. The first-order chi connectivity index (χ1) is 14.9. The predicted octanol–water partition coefficient (Wildman–Crippen LogP) is 3.46. The fourth-order valence-corrected chi connectivity index (χ4v) is 5.55. The van der Waals surface area contributed by atoms with Crippen LogP contribution >= 0.6 is 23.1 Å². The van der Waals surface area contributed by atoms with E-state index < -0.39 is 0 Å². The first-order valence-corrected chi connectivity index (χ1v) is 12.7. The lowest BCUT2D eigenvalue weighted by Crippen LogP contribution is -2.43. The Labute approximate surface area is 190 Å². The Bertz CT molecular complexity index is 1030. The van der Waals surface area contributed by atoms with Gasteiger partial charge in [0.05, 0.1) is 33.9 Å². The highest BCUT2D eigenvalue weighted by Crippen LogP contribution is 2.20. The van der Waals surface area contributed by atoms with Crippen LogP contribution in [0, 0.1) is 0 Å². The summed E-state index contributed by atoms with van der Waals surface area (Å²) in [5.41, 5.74) is 1.41. The Hall–Kier alpha value is -2.13. The maximum absolute atomic E-state index is 12.4. The number of carbonyl (C=O) groups is 3. The molecule has 1 aromatic carbocycles. The van der Waals surface area contributed by atoms with E-state index in [4.69, 9.17) is 4.74 Å². The molecular formula is C22H29N3O4S2. The molecule has 0 radical (unpaired) electrons. The van der Waals surface area contributed by atoms with E-state index in [0.717, 1.165) is 29.6 Å². The number of nitrogens with zero attached hydrogens (tertiary/aromatic N) is 3. The van der Waals surface area contributed by atoms with Crippen LogP contribution < -0.4 is 4.80 Å². The zero-order valence-corrected chi connectivity index (χ0v) is 19.9. The third-order valence-corrected chi connectivity index (χ3v) is 7.25. The smallest absolute Gasteiger partial charge is 0.338 e. The molecule has 0 N–H and O–H groups in total. The van der Waals surface area contributed by atoms with Gasteiger partial charge in [0.15, 0.2) is 4.80 Å². The van der Waals surface area contributed by atoms with Crippen molar-refractivity contribution in [1.29, 1.82) is 0 Å². The fourth-order valence-electron chi connectivity index (χ4n) is 3.72. The Morgan fingerprint density at radius 3 is 2.74 bits per heavy atom. The summed E-state index contributed by atoms with van der Waals surface area (Å²) in [6.45, 7) is 7.63. The molecule has 1 aliphatic rings. The second-order valence-corrected chi connectivity index (χ2v) is 9.46. The molecule has 1 unspecified atom stereocenters. The van der Waals surface area contributed by atoms with Crippen molar-refractivity contribution in [3.05, 3.63) is 28.6 Å². The highest BCUT2D eigenvalue weighted by molar-refractivity contribution is 8.00. The van der Waals surface area contributed by atoms with Crippen LogP contribution in [0.5, 0.6) is 0 Å². The summed E-state index contributed by atoms with van der Waals surface area (Å²) in [5, 5.41) is 0. The highest BCUT2D eigenvalue weighted by Gasteiger charge is 2.23. The number of aryl methyl sites for hydroxylation is 1. The molecule has 0 saturated carbocycles. The van der Waals surface area contributed by atoms with Crippen molar-refractivity contribution in [2.45, 2.75) is 52.6 Å². The molecule has 1 fully saturated rings. The van der Waals surface area contributed by atoms with Crippen molar-refractivity contribution in [3.8, 4) is 0 Å². The Morgan fingerprint density at radius 1 is 1.23 bits per heavy atom. The average Bonchev–Trinajstić information content (AvgIpc) is 3.10. The van der Waals surface area contributed by atoms with Gasteiger partial charge in [-0.3, -0.25) is 9.59 Å². The first-order valence-electron chi connectivity index (χ1n) is 10.7. The number of ether oxygens (including phenoxy) is 1. The number of likely N-dealkylation sites (tertiary alicyclic amines) is 1. The Kier molecular flexibility index (Phi) is 8.31. The number of thiazole rings is 1. The number of aromatic nitrogens is 1. The lowest BCUT2D eigenvalue weighted by atomic mass is 10.0. The van der Waals surface area contributed by atoms with Gasteiger partial charge in [-0.25, -0.2) is 4.79 Å². The van der Waals surface area contributed by atoms with Crippen LogP contribution in [0.4, 0.5) is 0 Å². The van der Waals surface area contributed by atoms with Gasteiger partial charge in [-0.1, -0.05) is 11.3 Å². The molecule has 3 rings (SSSR count). The number of fused-ring (bicyclic) bond motifs is 1. The predicted molar refractivity (Wildman–Crippen MR) is 124 cm³/mol. The van der Waals surface area contributed by atoms with Crippen molar-refractivity contribution in [1.82, 2.24) is 9.47 Å². The fraction of sp³-hybridized carbons (Fsp3) is 0.545. The van der Waals surface area contributed by atoms with Crippen molar-refractivity contribution in [3.63, 3.8) is 0 Å². The van der Waals surface area contributed by atoms with Gasteiger partial charge in [0.2, 0.25) is 5.91 Å². The number of thioether (sulfide) groups is 1. The molecule has 0 spiro atoms. The first kappa shape index (κ1) is 23.5. The molecule has 31 heavy (non-hydrogen) atoms. The highest BCUT2D eigenvalue weighted by atomic mass is 32.2. The number of benzene rings is 1. The largest absolute Gasteiger partial charge is 0.462 e. The van der Waals surface area contributed by atoms with Crippen molar-refractivity contribution in [2.75, 3.05) is 24.7 Å². The minimum absolute atomic E-state index is 0.0991. The maximum atomic E-state index is 12.4. The molecule has 2 heterocycles. The van der Waals surface area contributed by atoms with Crippen LogP contribution in [0.3, 0.4) is 0 Å². The van der Waals surface area contributed by atoms with E-state index in [2.05, 4.69) is 11.9 Å². The molecule has 0 aliphatic carbocycles. The summed E-state index contributed by atoms with van der Waals surface area (Å²) in [5.74, 6) is -0.0559. The lowest BCUT2D eigenvalue weighted by molar-refractivity contribution is -0.131. The van der Waals surface area contributed by atoms with Gasteiger partial charge in [-0.15, -0.1) is 11.8 Å². The van der Waals surface area contributed by atoms with Gasteiger partial charge in [0.25, 0.3) is 5.91 Å². The molecule has 2 aromatic rings. The van der Waals surface area contributed by atoms with Crippen LogP contribution in [0.15, 0.2) is 23.2 Å². The van der Waals surface area contributed by atoms with Crippen LogP contribution in [0.25, 0.3) is 10.2 Å². The third-order valence-electron chi connectivity index (χ3n) is 5.30. The van der Waals surface area contributed by atoms with E-state index in [9.17, 15) is 14.4 Å². The van der Waals surface area contributed by atoms with Gasteiger partial charge in [-0.05, 0) is 58.2 Å². The summed E-state index contributed by atoms with van der Waals surface area (Å²) in [6.07, 6.45) is 3.27. The zero-order chi connectivity index (χ0) is 22.4. The molecule has 2 amide bonds. The van der Waals surface area contributed by atoms with Gasteiger partial charge < -0.3 is 14.2 Å². The summed E-state index contributed by atoms with van der Waals surface area (Å²) in [4.78, 5) is 43.7. The van der Waals surface area contributed by atoms with E-state index in [0.29, 0.717) is 29.3 Å². The van der Waals surface area contributed by atoms with E-state index in [1.807, 2.05) is 22.5 Å². The third kappa shape index (κ3) is 5.77. The van der Waals surface area contributed by atoms with E-state index >= 15 is 0 Å². The molecule has 1 saturated heterocycles. The molecule has 7 nitrogen and oxygen atoms in total. The monoisotopic (exact) mass is 463 g/mol. The number of piperidine rings is 1. The Balaban J connectivity index is 1.68. The summed E-state index contributed by atoms with van der Waals surface area (Å²) in [6, 6.07) is 5.65. The van der Waals surface area contributed by atoms with Crippen LogP contribution in [-0.2, 0) is 20.9 Å². The number of rotatable bonds is 7. The summed E-state index contributed by atoms with van der Waals surface area (Å²) in [7, 11) is 0. The average molecular weight is 464 g/mol. The lowest BCUT2D eigenvalue weighted by Gasteiger charge is -2.33. The van der Waals surface area contributed by atoms with Crippen LogP contribution in [-0.4, -0.2) is 57.9 Å². The zero-order valence-electron chi connectivity index (χ0n) is 18.3. The van der Waals surface area contributed by atoms with Crippen LogP contribution in [0.2, 0.25) is 0 Å². The van der Waals surface area contributed by atoms with E-state index in [1.54, 1.807) is 19.1 Å². The van der Waals surface area contributed by atoms with Gasteiger partial charge in [-0.2, -0.15) is 4.99 Å². The van der Waals surface area contributed by atoms with Crippen molar-refractivity contribution in [2.24, 2.45) is 4.99 Å². The van der Waals surface area contributed by atoms with E-state index in [-0.39, 0.29) is 29.6 Å². The van der Waals surface area contributed by atoms with Crippen molar-refractivity contribution < 1.29 is 19.1 Å². The van der Waals surface area contributed by atoms with Gasteiger partial charge in [0.1, 0.15) is 0 Å². The second-order valence-electron chi connectivity index (χ2n) is 7.46. The van der Waals surface area contributed by atoms with Gasteiger partial charge in [0, 0.05) is 19.1 Å². The number of hydrogen-bond acceptors (Lipinski definition) is 6. The molecule has 1 aliphatic heterocycles. The number of carbonyl (C=O) groups excluding carboxylic acids is 3. The Morgan fingerprint density at radius 2 is 2.03 bits per heavy atom. The number of esters is 1.